The fourth-order valence-corrected chi connectivity index (χ4v) is 4.80. The summed E-state index contributed by atoms with van der Waals surface area (Å²) in [7, 11) is 1.94. The number of hydrogen-bond acceptors (Lipinski definition) is 5. The van der Waals surface area contributed by atoms with Crippen molar-refractivity contribution < 1.29 is 14.4 Å². The summed E-state index contributed by atoms with van der Waals surface area (Å²) in [4.78, 5) is 40.9. The number of rotatable bonds is 14. The van der Waals surface area contributed by atoms with Gasteiger partial charge < -0.3 is 26.2 Å². The van der Waals surface area contributed by atoms with E-state index in [1.807, 2.05) is 86.5 Å². The highest BCUT2D eigenvalue weighted by atomic mass is 79.9. The minimum atomic E-state index is -0.348. The Morgan fingerprint density at radius 1 is 0.881 bits per heavy atom. The van der Waals surface area contributed by atoms with Gasteiger partial charge in [-0.3, -0.25) is 14.4 Å². The van der Waals surface area contributed by atoms with Gasteiger partial charge in [0, 0.05) is 54.5 Å². The van der Waals surface area contributed by atoms with E-state index in [1.54, 1.807) is 12.1 Å². The number of hydrogen-bond donors (Lipinski definition) is 4. The van der Waals surface area contributed by atoms with Crippen LogP contribution in [0.4, 0.5) is 5.69 Å². The fourth-order valence-electron chi connectivity index (χ4n) is 4.54. The lowest BCUT2D eigenvalue weighted by Gasteiger charge is -2.22. The van der Waals surface area contributed by atoms with Crippen molar-refractivity contribution in [1.82, 2.24) is 21.3 Å². The first kappa shape index (κ1) is 31.3. The van der Waals surface area contributed by atoms with Crippen molar-refractivity contribution in [2.45, 2.75) is 45.3 Å². The van der Waals surface area contributed by atoms with Crippen molar-refractivity contribution in [3.63, 3.8) is 0 Å². The molecule has 3 aromatic rings. The minimum absolute atomic E-state index is 0.0320. The predicted molar refractivity (Wildman–Crippen MR) is 171 cm³/mol. The zero-order valence-corrected chi connectivity index (χ0v) is 26.0. The molecule has 3 aromatic carbocycles. The number of nitrogens with zero attached hydrogens (tertiary/aromatic N) is 1. The molecule has 0 bridgehead atoms. The SMILES string of the molecule is C[C@H](NCCNC(=O)c1cc(C(=O)N[C@H](C)c2ccc(Br)cc2)cc(N(C)Cc2ccccc2)c1)C(=O)NCC1CC1. The van der Waals surface area contributed by atoms with Crippen molar-refractivity contribution >= 4 is 39.3 Å². The predicted octanol–water partition coefficient (Wildman–Crippen LogP) is 4.81. The number of amides is 3. The van der Waals surface area contributed by atoms with Gasteiger partial charge in [0.25, 0.3) is 11.8 Å². The summed E-state index contributed by atoms with van der Waals surface area (Å²) in [5.41, 5.74) is 3.65. The molecule has 0 heterocycles. The molecule has 42 heavy (non-hydrogen) atoms. The first-order valence-corrected chi connectivity index (χ1v) is 15.2. The number of anilines is 1. The molecule has 1 saturated carbocycles. The molecule has 9 heteroatoms. The second-order valence-corrected chi connectivity index (χ2v) is 11.9. The number of nitrogens with one attached hydrogen (secondary N) is 4. The molecule has 0 aliphatic heterocycles. The van der Waals surface area contributed by atoms with Crippen molar-refractivity contribution in [2.75, 3.05) is 31.6 Å². The summed E-state index contributed by atoms with van der Waals surface area (Å²) in [5.74, 6) is 0.0454. The Hall–Kier alpha value is -3.69. The summed E-state index contributed by atoms with van der Waals surface area (Å²) >= 11 is 3.45. The second kappa shape index (κ2) is 15.0. The highest BCUT2D eigenvalue weighted by Gasteiger charge is 2.23. The zero-order chi connectivity index (χ0) is 30.1. The van der Waals surface area contributed by atoms with E-state index in [1.165, 1.54) is 12.8 Å². The standard InChI is InChI=1S/C33H40BrN5O3/c1-22(26-11-13-29(34)14-12-26)38-33(42)28-17-27(18-30(19-28)39(3)21-25-7-5-4-6-8-25)32(41)36-16-15-35-23(2)31(40)37-20-24-9-10-24/h4-8,11-14,17-19,22-24,35H,9-10,15-16,20-21H2,1-3H3,(H,36,41)(H,37,40)(H,38,42)/t22-,23+/m1/s1. The van der Waals surface area contributed by atoms with Crippen LogP contribution in [0.1, 0.15) is 64.6 Å². The van der Waals surface area contributed by atoms with E-state index in [2.05, 4.69) is 37.2 Å². The van der Waals surface area contributed by atoms with E-state index < -0.39 is 0 Å². The van der Waals surface area contributed by atoms with Gasteiger partial charge >= 0.3 is 0 Å². The minimum Gasteiger partial charge on any atom is -0.370 e. The van der Waals surface area contributed by atoms with Crippen LogP contribution in [0.3, 0.4) is 0 Å². The van der Waals surface area contributed by atoms with Gasteiger partial charge in [0.15, 0.2) is 0 Å². The van der Waals surface area contributed by atoms with Crippen LogP contribution < -0.4 is 26.2 Å². The maximum absolute atomic E-state index is 13.4. The third kappa shape index (κ3) is 9.42. The summed E-state index contributed by atoms with van der Waals surface area (Å²) < 4.78 is 0.969. The molecular weight excluding hydrogens is 594 g/mol. The van der Waals surface area contributed by atoms with Gasteiger partial charge in [-0.25, -0.2) is 0 Å². The Morgan fingerprint density at radius 2 is 1.55 bits per heavy atom. The molecule has 1 aliphatic carbocycles. The molecule has 8 nitrogen and oxygen atoms in total. The molecule has 0 aromatic heterocycles. The molecule has 0 unspecified atom stereocenters. The number of carbonyl (C=O) groups excluding carboxylic acids is 3. The van der Waals surface area contributed by atoms with E-state index in [4.69, 9.17) is 0 Å². The van der Waals surface area contributed by atoms with E-state index in [-0.39, 0.29) is 29.8 Å². The third-order valence-corrected chi connectivity index (χ3v) is 7.91. The molecule has 4 N–H and O–H groups in total. The molecular formula is C33H40BrN5O3. The molecule has 1 fully saturated rings. The largest absolute Gasteiger partial charge is 0.370 e. The van der Waals surface area contributed by atoms with Gasteiger partial charge in [-0.15, -0.1) is 0 Å². The highest BCUT2D eigenvalue weighted by Crippen LogP contribution is 2.27. The molecule has 0 spiro atoms. The summed E-state index contributed by atoms with van der Waals surface area (Å²) in [6, 6.07) is 22.5. The van der Waals surface area contributed by atoms with Gasteiger partial charge in [0.1, 0.15) is 0 Å². The van der Waals surface area contributed by atoms with E-state index in [0.29, 0.717) is 36.7 Å². The average molecular weight is 635 g/mol. The third-order valence-electron chi connectivity index (χ3n) is 7.38. The quantitative estimate of drug-likeness (QED) is 0.191. The van der Waals surface area contributed by atoms with E-state index in [9.17, 15) is 14.4 Å². The Morgan fingerprint density at radius 3 is 2.21 bits per heavy atom. The lowest BCUT2D eigenvalue weighted by Crippen LogP contribution is -2.45. The van der Waals surface area contributed by atoms with Crippen LogP contribution in [0.25, 0.3) is 0 Å². The van der Waals surface area contributed by atoms with Crippen molar-refractivity contribution in [3.8, 4) is 0 Å². The normalized spacial score (nSPS) is 14.0. The smallest absolute Gasteiger partial charge is 0.251 e. The summed E-state index contributed by atoms with van der Waals surface area (Å²) in [5, 5.41) is 12.1. The van der Waals surface area contributed by atoms with Crippen LogP contribution in [0.2, 0.25) is 0 Å². The molecule has 222 valence electrons. The Kier molecular flexibility index (Phi) is 11.1. The first-order valence-electron chi connectivity index (χ1n) is 14.5. The van der Waals surface area contributed by atoms with Gasteiger partial charge in [-0.1, -0.05) is 58.4 Å². The summed E-state index contributed by atoms with van der Waals surface area (Å²) in [6.07, 6.45) is 2.37. The zero-order valence-electron chi connectivity index (χ0n) is 24.5. The van der Waals surface area contributed by atoms with Crippen molar-refractivity contribution in [3.05, 3.63) is 99.5 Å². The molecule has 2 atom stereocenters. The lowest BCUT2D eigenvalue weighted by molar-refractivity contribution is -0.122. The Bertz CT molecular complexity index is 1360. The molecule has 0 saturated heterocycles. The van der Waals surface area contributed by atoms with E-state index >= 15 is 0 Å². The van der Waals surface area contributed by atoms with Crippen molar-refractivity contribution in [2.24, 2.45) is 5.92 Å². The van der Waals surface area contributed by atoms with Crippen LogP contribution in [-0.2, 0) is 11.3 Å². The maximum Gasteiger partial charge on any atom is 0.251 e. The van der Waals surface area contributed by atoms with Crippen LogP contribution in [0.15, 0.2) is 77.3 Å². The molecule has 1 aliphatic rings. The monoisotopic (exact) mass is 633 g/mol. The molecule has 0 radical (unpaired) electrons. The summed E-state index contributed by atoms with van der Waals surface area (Å²) in [6.45, 7) is 5.87. The lowest BCUT2D eigenvalue weighted by atomic mass is 10.0. The van der Waals surface area contributed by atoms with Crippen molar-refractivity contribution in [1.29, 1.82) is 0 Å². The molecule has 3 amide bonds. The van der Waals surface area contributed by atoms with Crippen LogP contribution in [0, 0.1) is 5.92 Å². The van der Waals surface area contributed by atoms with Gasteiger partial charge in [0.05, 0.1) is 12.1 Å². The molecule has 4 rings (SSSR count). The fraction of sp³-hybridized carbons (Fsp3) is 0.364. The maximum atomic E-state index is 13.4. The highest BCUT2D eigenvalue weighted by molar-refractivity contribution is 9.10. The number of benzene rings is 3. The van der Waals surface area contributed by atoms with Gasteiger partial charge in [-0.2, -0.15) is 0 Å². The van der Waals surface area contributed by atoms with Crippen LogP contribution in [0.5, 0.6) is 0 Å². The number of halogens is 1. The van der Waals surface area contributed by atoms with Gasteiger partial charge in [-0.05, 0) is 74.1 Å². The van der Waals surface area contributed by atoms with E-state index in [0.717, 1.165) is 27.8 Å². The van der Waals surface area contributed by atoms with Crippen LogP contribution >= 0.6 is 15.9 Å². The second-order valence-electron chi connectivity index (χ2n) is 11.0. The Labute approximate surface area is 256 Å². The Balaban J connectivity index is 1.42. The number of carbonyl (C=O) groups is 3. The topological polar surface area (TPSA) is 103 Å². The first-order chi connectivity index (χ1) is 20.2. The van der Waals surface area contributed by atoms with Crippen LogP contribution in [-0.4, -0.2) is 50.4 Å². The van der Waals surface area contributed by atoms with Gasteiger partial charge in [0.2, 0.25) is 5.91 Å². The average Bonchev–Trinajstić information content (AvgIpc) is 3.83.